The lowest BCUT2D eigenvalue weighted by molar-refractivity contribution is -0.120. The summed E-state index contributed by atoms with van der Waals surface area (Å²) in [6, 6.07) is 7.75. The summed E-state index contributed by atoms with van der Waals surface area (Å²) in [4.78, 5) is 16.7. The first kappa shape index (κ1) is 22.3. The minimum atomic E-state index is -3.64. The summed E-state index contributed by atoms with van der Waals surface area (Å²) >= 11 is 0. The predicted molar refractivity (Wildman–Crippen MR) is 112 cm³/mol. The number of sulfonamides is 2. The van der Waals surface area contributed by atoms with E-state index in [0.717, 1.165) is 0 Å². The molecule has 9 nitrogen and oxygen atoms in total. The number of nitrogens with one attached hydrogen (secondary N) is 2. The van der Waals surface area contributed by atoms with Crippen molar-refractivity contribution in [1.29, 1.82) is 0 Å². The van der Waals surface area contributed by atoms with Gasteiger partial charge in [-0.25, -0.2) is 21.6 Å². The Hall–Kier alpha value is -2.34. The molecule has 1 aliphatic heterocycles. The second-order valence-corrected chi connectivity index (χ2v) is 10.8. The van der Waals surface area contributed by atoms with Gasteiger partial charge >= 0.3 is 0 Å². The number of amides is 1. The van der Waals surface area contributed by atoms with Crippen molar-refractivity contribution in [1.82, 2.24) is 14.0 Å². The summed E-state index contributed by atoms with van der Waals surface area (Å²) in [6.45, 7) is 2.12. The largest absolute Gasteiger partial charge is 0.326 e. The maximum Gasteiger partial charge on any atom is 0.244 e. The number of nitrogens with zero attached hydrogens (tertiary/aromatic N) is 2. The molecule has 0 atom stereocenters. The Kier molecular flexibility index (Phi) is 6.56. The predicted octanol–water partition coefficient (Wildman–Crippen LogP) is 1.34. The number of hydrogen-bond acceptors (Lipinski definition) is 6. The van der Waals surface area contributed by atoms with Gasteiger partial charge in [0.25, 0.3) is 0 Å². The van der Waals surface area contributed by atoms with Gasteiger partial charge < -0.3 is 5.32 Å². The Balaban J connectivity index is 1.66. The molecule has 2 heterocycles. The van der Waals surface area contributed by atoms with Gasteiger partial charge in [-0.2, -0.15) is 4.31 Å². The maximum absolute atomic E-state index is 12.7. The quantitative estimate of drug-likeness (QED) is 0.681. The molecule has 0 spiro atoms. The molecule has 1 fully saturated rings. The Morgan fingerprint density at radius 3 is 2.43 bits per heavy atom. The van der Waals surface area contributed by atoms with Crippen LogP contribution in [0.1, 0.15) is 18.4 Å². The van der Waals surface area contributed by atoms with Crippen LogP contribution in [0.4, 0.5) is 5.69 Å². The molecular weight excluding hydrogens is 428 g/mol. The van der Waals surface area contributed by atoms with Crippen molar-refractivity contribution in [3.63, 3.8) is 0 Å². The van der Waals surface area contributed by atoms with E-state index in [4.69, 9.17) is 0 Å². The highest BCUT2D eigenvalue weighted by atomic mass is 32.2. The third-order valence-corrected chi connectivity index (χ3v) is 8.55. The third-order valence-electron chi connectivity index (χ3n) is 5.11. The summed E-state index contributed by atoms with van der Waals surface area (Å²) in [6.07, 6.45) is 3.56. The van der Waals surface area contributed by atoms with Gasteiger partial charge in [0.05, 0.1) is 4.90 Å². The Labute approximate surface area is 176 Å². The first-order chi connectivity index (χ1) is 14.1. The fourth-order valence-electron chi connectivity index (χ4n) is 3.33. The van der Waals surface area contributed by atoms with Crippen LogP contribution in [0.5, 0.6) is 0 Å². The first-order valence-electron chi connectivity index (χ1n) is 9.40. The number of hydrogen-bond donors (Lipinski definition) is 2. The van der Waals surface area contributed by atoms with Crippen molar-refractivity contribution in [2.75, 3.05) is 25.5 Å². The van der Waals surface area contributed by atoms with Crippen LogP contribution in [0, 0.1) is 12.8 Å². The highest BCUT2D eigenvalue weighted by Crippen LogP contribution is 2.25. The van der Waals surface area contributed by atoms with Crippen molar-refractivity contribution in [3.8, 4) is 0 Å². The molecule has 1 aliphatic rings. The molecule has 3 rings (SSSR count). The van der Waals surface area contributed by atoms with Gasteiger partial charge in [-0.05, 0) is 56.6 Å². The van der Waals surface area contributed by atoms with Crippen LogP contribution in [0.2, 0.25) is 0 Å². The Morgan fingerprint density at radius 1 is 1.13 bits per heavy atom. The normalized spacial score (nSPS) is 16.3. The smallest absolute Gasteiger partial charge is 0.244 e. The Bertz CT molecular complexity index is 1130. The zero-order chi connectivity index (χ0) is 21.9. The summed E-state index contributed by atoms with van der Waals surface area (Å²) in [5, 5.41) is 2.75. The minimum Gasteiger partial charge on any atom is -0.326 e. The maximum atomic E-state index is 12.7. The van der Waals surface area contributed by atoms with Crippen LogP contribution in [-0.4, -0.2) is 52.2 Å². The minimum absolute atomic E-state index is 0.0974. The number of anilines is 1. The number of piperidine rings is 1. The monoisotopic (exact) mass is 452 g/mol. The molecule has 162 valence electrons. The molecule has 1 saturated heterocycles. The third kappa shape index (κ3) is 4.69. The highest BCUT2D eigenvalue weighted by molar-refractivity contribution is 7.89. The number of carbonyl (C=O) groups excluding carboxylic acids is 1. The van der Waals surface area contributed by atoms with Gasteiger partial charge in [0, 0.05) is 37.1 Å². The molecule has 11 heteroatoms. The van der Waals surface area contributed by atoms with Gasteiger partial charge in [-0.3, -0.25) is 9.78 Å². The van der Waals surface area contributed by atoms with E-state index in [1.165, 1.54) is 35.9 Å². The molecule has 1 aromatic carbocycles. The standard InChI is InChI=1S/C19H24N4O5S2/c1-14-5-6-16(12-18(14)29(25,26)20-2)22-19(24)15-7-10-23(11-8-15)30(27,28)17-4-3-9-21-13-17/h3-6,9,12-13,15,20H,7-8,10-11H2,1-2H3,(H,22,24). The lowest BCUT2D eigenvalue weighted by Gasteiger charge is -2.30. The van der Waals surface area contributed by atoms with E-state index in [9.17, 15) is 21.6 Å². The summed E-state index contributed by atoms with van der Waals surface area (Å²) in [5.74, 6) is -0.624. The molecular formula is C19H24N4O5S2. The molecule has 2 aromatic rings. The molecule has 0 bridgehead atoms. The molecule has 30 heavy (non-hydrogen) atoms. The highest BCUT2D eigenvalue weighted by Gasteiger charge is 2.32. The lowest BCUT2D eigenvalue weighted by atomic mass is 9.97. The molecule has 2 N–H and O–H groups in total. The fourth-order valence-corrected chi connectivity index (χ4v) is 5.76. The summed E-state index contributed by atoms with van der Waals surface area (Å²) in [7, 11) is -5.95. The van der Waals surface area contributed by atoms with Crippen LogP contribution >= 0.6 is 0 Å². The van der Waals surface area contributed by atoms with E-state index in [1.54, 1.807) is 25.1 Å². The number of aromatic nitrogens is 1. The zero-order valence-corrected chi connectivity index (χ0v) is 18.3. The van der Waals surface area contributed by atoms with Gasteiger partial charge in [-0.15, -0.1) is 0 Å². The van der Waals surface area contributed by atoms with E-state index in [1.807, 2.05) is 0 Å². The second kappa shape index (κ2) is 8.80. The molecule has 0 radical (unpaired) electrons. The molecule has 0 saturated carbocycles. The summed E-state index contributed by atoms with van der Waals surface area (Å²) < 4.78 is 53.2. The SMILES string of the molecule is CNS(=O)(=O)c1cc(NC(=O)C2CCN(S(=O)(=O)c3cccnc3)CC2)ccc1C. The average molecular weight is 453 g/mol. The molecule has 0 aliphatic carbocycles. The topological polar surface area (TPSA) is 126 Å². The van der Waals surface area contributed by atoms with Crippen molar-refractivity contribution in [2.24, 2.45) is 5.92 Å². The van der Waals surface area contributed by atoms with E-state index < -0.39 is 20.0 Å². The van der Waals surface area contributed by atoms with E-state index in [-0.39, 0.29) is 34.7 Å². The van der Waals surface area contributed by atoms with Crippen molar-refractivity contribution in [3.05, 3.63) is 48.3 Å². The Morgan fingerprint density at radius 2 is 1.83 bits per heavy atom. The van der Waals surface area contributed by atoms with Crippen molar-refractivity contribution >= 4 is 31.6 Å². The number of carbonyl (C=O) groups is 1. The van der Waals surface area contributed by atoms with Crippen LogP contribution < -0.4 is 10.0 Å². The average Bonchev–Trinajstić information content (AvgIpc) is 2.75. The molecule has 0 unspecified atom stereocenters. The number of rotatable bonds is 6. The van der Waals surface area contributed by atoms with Crippen LogP contribution in [-0.2, 0) is 24.8 Å². The number of benzene rings is 1. The van der Waals surface area contributed by atoms with Crippen LogP contribution in [0.15, 0.2) is 52.5 Å². The zero-order valence-electron chi connectivity index (χ0n) is 16.7. The van der Waals surface area contributed by atoms with Gasteiger partial charge in [0.2, 0.25) is 26.0 Å². The summed E-state index contributed by atoms with van der Waals surface area (Å²) in [5.41, 5.74) is 0.945. The van der Waals surface area contributed by atoms with Crippen molar-refractivity contribution < 1.29 is 21.6 Å². The number of pyridine rings is 1. The number of aryl methyl sites for hydroxylation is 1. The fraction of sp³-hybridized carbons (Fsp3) is 0.368. The van der Waals surface area contributed by atoms with Crippen LogP contribution in [0.3, 0.4) is 0 Å². The van der Waals surface area contributed by atoms with E-state index in [2.05, 4.69) is 15.0 Å². The van der Waals surface area contributed by atoms with E-state index >= 15 is 0 Å². The lowest BCUT2D eigenvalue weighted by Crippen LogP contribution is -2.41. The van der Waals surface area contributed by atoms with Crippen molar-refractivity contribution in [2.45, 2.75) is 29.6 Å². The van der Waals surface area contributed by atoms with Gasteiger partial charge in [0.1, 0.15) is 4.90 Å². The van der Waals surface area contributed by atoms with E-state index in [0.29, 0.717) is 24.1 Å². The molecule has 1 aromatic heterocycles. The first-order valence-corrected chi connectivity index (χ1v) is 12.3. The second-order valence-electron chi connectivity index (χ2n) is 7.04. The van der Waals surface area contributed by atoms with Crippen LogP contribution in [0.25, 0.3) is 0 Å². The molecule has 1 amide bonds. The van der Waals surface area contributed by atoms with Gasteiger partial charge in [0.15, 0.2) is 0 Å². The van der Waals surface area contributed by atoms with Gasteiger partial charge in [-0.1, -0.05) is 6.07 Å².